The molecule has 0 aliphatic carbocycles. The van der Waals surface area contributed by atoms with Crippen LogP contribution in [0.2, 0.25) is 0 Å². The van der Waals surface area contributed by atoms with E-state index < -0.39 is 0 Å². The number of carbonyl (C=O) groups excluding carboxylic acids is 1. The van der Waals surface area contributed by atoms with Gasteiger partial charge < -0.3 is 19.5 Å². The average molecular weight is 321 g/mol. The van der Waals surface area contributed by atoms with E-state index in [0.29, 0.717) is 32.0 Å². The first-order valence-electron chi connectivity index (χ1n) is 8.39. The van der Waals surface area contributed by atoms with Crippen LogP contribution in [0.25, 0.3) is 0 Å². The Bertz CT molecular complexity index is 498. The molecule has 0 amide bonds. The lowest BCUT2D eigenvalue weighted by Crippen LogP contribution is -2.33. The Morgan fingerprint density at radius 3 is 2.91 bits per heavy atom. The fourth-order valence-electron chi connectivity index (χ4n) is 2.74. The molecule has 5 heteroatoms. The van der Waals surface area contributed by atoms with Crippen LogP contribution in [0.1, 0.15) is 31.7 Å². The summed E-state index contributed by atoms with van der Waals surface area (Å²) in [5.74, 6) is 1.86. The summed E-state index contributed by atoms with van der Waals surface area (Å²) in [6, 6.07) is 5.85. The summed E-state index contributed by atoms with van der Waals surface area (Å²) in [5, 5.41) is 3.39. The van der Waals surface area contributed by atoms with Crippen LogP contribution in [0.5, 0.6) is 11.5 Å². The molecule has 1 unspecified atom stereocenters. The minimum atomic E-state index is -0.170. The molecule has 5 nitrogen and oxygen atoms in total. The van der Waals surface area contributed by atoms with Crippen LogP contribution in [-0.4, -0.2) is 39.4 Å². The van der Waals surface area contributed by atoms with Crippen LogP contribution >= 0.6 is 0 Å². The lowest BCUT2D eigenvalue weighted by molar-refractivity contribution is -0.143. The Morgan fingerprint density at radius 2 is 2.22 bits per heavy atom. The fourth-order valence-corrected chi connectivity index (χ4v) is 2.74. The van der Waals surface area contributed by atoms with Gasteiger partial charge in [-0.15, -0.1) is 0 Å². The minimum Gasteiger partial charge on any atom is -0.493 e. The number of esters is 1. The summed E-state index contributed by atoms with van der Waals surface area (Å²) < 4.78 is 16.3. The van der Waals surface area contributed by atoms with Gasteiger partial charge in [-0.2, -0.15) is 0 Å². The Hall–Kier alpha value is -1.75. The highest BCUT2D eigenvalue weighted by molar-refractivity contribution is 5.69. The van der Waals surface area contributed by atoms with E-state index in [-0.39, 0.29) is 5.97 Å². The fraction of sp³-hybridized carbons (Fsp3) is 0.611. The Kier molecular flexibility index (Phi) is 7.20. The summed E-state index contributed by atoms with van der Waals surface area (Å²) >= 11 is 0. The molecule has 1 aliphatic heterocycles. The van der Waals surface area contributed by atoms with E-state index in [2.05, 4.69) is 5.32 Å². The van der Waals surface area contributed by atoms with E-state index in [4.69, 9.17) is 14.2 Å². The number of rotatable bonds is 8. The van der Waals surface area contributed by atoms with Crippen LogP contribution in [0, 0.1) is 5.92 Å². The maximum absolute atomic E-state index is 11.4. The largest absolute Gasteiger partial charge is 0.493 e. The maximum atomic E-state index is 11.4. The third kappa shape index (κ3) is 5.75. The van der Waals surface area contributed by atoms with Gasteiger partial charge in [0.2, 0.25) is 0 Å². The van der Waals surface area contributed by atoms with Crippen molar-refractivity contribution in [3.8, 4) is 11.5 Å². The molecule has 1 N–H and O–H groups in total. The van der Waals surface area contributed by atoms with Gasteiger partial charge in [0.05, 0.1) is 20.3 Å². The molecule has 1 heterocycles. The second-order valence-electron chi connectivity index (χ2n) is 5.81. The number of hydrogen-bond acceptors (Lipinski definition) is 5. The monoisotopic (exact) mass is 321 g/mol. The van der Waals surface area contributed by atoms with E-state index in [9.17, 15) is 4.79 Å². The highest BCUT2D eigenvalue weighted by atomic mass is 16.5. The number of benzene rings is 1. The summed E-state index contributed by atoms with van der Waals surface area (Å²) in [5.41, 5.74) is 1.04. The molecule has 23 heavy (non-hydrogen) atoms. The number of carbonyl (C=O) groups is 1. The molecule has 0 radical (unpaired) electrons. The molecular formula is C18H27NO4. The van der Waals surface area contributed by atoms with Gasteiger partial charge in [0.15, 0.2) is 11.5 Å². The van der Waals surface area contributed by atoms with Crippen LogP contribution in [-0.2, 0) is 16.0 Å². The number of methoxy groups -OCH3 is 1. The summed E-state index contributed by atoms with van der Waals surface area (Å²) in [6.45, 7) is 5.06. The third-order valence-corrected chi connectivity index (χ3v) is 4.02. The standard InChI is InChI=1S/C18H27NO4/c1-3-22-18(20)9-7-14-6-8-16(17(11-14)21-2)23-13-15-5-4-10-19-12-15/h6,8,11,15,19H,3-5,7,9-10,12-13H2,1-2H3. The Balaban J connectivity index is 1.89. The highest BCUT2D eigenvalue weighted by Crippen LogP contribution is 2.29. The minimum absolute atomic E-state index is 0.170. The van der Waals surface area contributed by atoms with Gasteiger partial charge in [0, 0.05) is 18.9 Å². The third-order valence-electron chi connectivity index (χ3n) is 4.02. The first-order chi connectivity index (χ1) is 11.2. The van der Waals surface area contributed by atoms with Gasteiger partial charge in [-0.25, -0.2) is 0 Å². The van der Waals surface area contributed by atoms with Crippen molar-refractivity contribution in [2.75, 3.05) is 33.4 Å². The molecule has 1 saturated heterocycles. The number of piperidine rings is 1. The molecule has 0 bridgehead atoms. The van der Waals surface area contributed by atoms with Gasteiger partial charge in [0.1, 0.15) is 0 Å². The van der Waals surface area contributed by atoms with Gasteiger partial charge in [-0.3, -0.25) is 4.79 Å². The molecule has 128 valence electrons. The van der Waals surface area contributed by atoms with Gasteiger partial charge in [-0.1, -0.05) is 6.07 Å². The molecule has 1 aliphatic rings. The smallest absolute Gasteiger partial charge is 0.306 e. The second kappa shape index (κ2) is 9.40. The summed E-state index contributed by atoms with van der Waals surface area (Å²) in [4.78, 5) is 11.4. The predicted octanol–water partition coefficient (Wildman–Crippen LogP) is 2.57. The van der Waals surface area contributed by atoms with Crippen molar-refractivity contribution in [3.63, 3.8) is 0 Å². The molecule has 0 aromatic heterocycles. The number of aryl methyl sites for hydroxylation is 1. The Labute approximate surface area is 138 Å². The predicted molar refractivity (Wildman–Crippen MR) is 89.0 cm³/mol. The molecule has 1 aromatic carbocycles. The highest BCUT2D eigenvalue weighted by Gasteiger charge is 2.15. The van der Waals surface area contributed by atoms with Crippen molar-refractivity contribution in [2.24, 2.45) is 5.92 Å². The van der Waals surface area contributed by atoms with Crippen molar-refractivity contribution in [1.82, 2.24) is 5.32 Å². The van der Waals surface area contributed by atoms with Gasteiger partial charge >= 0.3 is 5.97 Å². The SMILES string of the molecule is CCOC(=O)CCc1ccc(OCC2CCCNC2)c(OC)c1. The molecule has 1 fully saturated rings. The first-order valence-corrected chi connectivity index (χ1v) is 8.39. The van der Waals surface area contributed by atoms with Crippen LogP contribution in [0.4, 0.5) is 0 Å². The Morgan fingerprint density at radius 1 is 1.35 bits per heavy atom. The second-order valence-corrected chi connectivity index (χ2v) is 5.81. The van der Waals surface area contributed by atoms with E-state index >= 15 is 0 Å². The van der Waals surface area contributed by atoms with Gasteiger partial charge in [0.25, 0.3) is 0 Å². The lowest BCUT2D eigenvalue weighted by atomic mass is 10.0. The maximum Gasteiger partial charge on any atom is 0.306 e. The molecule has 1 aromatic rings. The molecular weight excluding hydrogens is 294 g/mol. The quantitative estimate of drug-likeness (QED) is 0.746. The van der Waals surface area contributed by atoms with Gasteiger partial charge in [-0.05, 0) is 50.4 Å². The van der Waals surface area contributed by atoms with Crippen LogP contribution < -0.4 is 14.8 Å². The van der Waals surface area contributed by atoms with E-state index in [1.807, 2.05) is 25.1 Å². The molecule has 1 atom stereocenters. The van der Waals surface area contributed by atoms with E-state index in [0.717, 1.165) is 30.2 Å². The first kappa shape index (κ1) is 17.6. The van der Waals surface area contributed by atoms with E-state index in [1.165, 1.54) is 12.8 Å². The normalized spacial score (nSPS) is 17.6. The van der Waals surface area contributed by atoms with Crippen LogP contribution in [0.3, 0.4) is 0 Å². The van der Waals surface area contributed by atoms with Crippen LogP contribution in [0.15, 0.2) is 18.2 Å². The number of nitrogens with one attached hydrogen (secondary N) is 1. The molecule has 2 rings (SSSR count). The summed E-state index contributed by atoms with van der Waals surface area (Å²) in [6.07, 6.45) is 3.43. The summed E-state index contributed by atoms with van der Waals surface area (Å²) in [7, 11) is 1.64. The molecule has 0 saturated carbocycles. The van der Waals surface area contributed by atoms with Crippen molar-refractivity contribution in [2.45, 2.75) is 32.6 Å². The number of hydrogen-bond donors (Lipinski definition) is 1. The zero-order valence-electron chi connectivity index (χ0n) is 14.1. The lowest BCUT2D eigenvalue weighted by Gasteiger charge is -2.23. The molecule has 0 spiro atoms. The van der Waals surface area contributed by atoms with Crippen molar-refractivity contribution in [1.29, 1.82) is 0 Å². The number of ether oxygens (including phenoxy) is 3. The van der Waals surface area contributed by atoms with Crippen molar-refractivity contribution >= 4 is 5.97 Å². The zero-order valence-corrected chi connectivity index (χ0v) is 14.1. The van der Waals surface area contributed by atoms with E-state index in [1.54, 1.807) is 7.11 Å². The van der Waals surface area contributed by atoms with Crippen molar-refractivity contribution in [3.05, 3.63) is 23.8 Å². The average Bonchev–Trinajstić information content (AvgIpc) is 2.59. The zero-order chi connectivity index (χ0) is 16.5. The van der Waals surface area contributed by atoms with Crippen molar-refractivity contribution < 1.29 is 19.0 Å². The topological polar surface area (TPSA) is 56.8 Å².